The van der Waals surface area contributed by atoms with Crippen molar-refractivity contribution in [1.29, 1.82) is 0 Å². The van der Waals surface area contributed by atoms with Crippen molar-refractivity contribution < 1.29 is 14.0 Å². The lowest BCUT2D eigenvalue weighted by Gasteiger charge is -2.27. The summed E-state index contributed by atoms with van der Waals surface area (Å²) in [6.07, 6.45) is 2.09. The third kappa shape index (κ3) is 3.35. The van der Waals surface area contributed by atoms with Gasteiger partial charge < -0.3 is 19.7 Å². The number of nitrogens with two attached hydrogens (primary N) is 1. The Labute approximate surface area is 118 Å². The van der Waals surface area contributed by atoms with Gasteiger partial charge in [-0.3, -0.25) is 4.90 Å². The van der Waals surface area contributed by atoms with Crippen molar-refractivity contribution in [2.45, 2.75) is 24.8 Å². The first kappa shape index (κ1) is 13.9. The van der Waals surface area contributed by atoms with E-state index in [1.54, 1.807) is 0 Å². The molecule has 2 aliphatic rings. The normalized spacial score (nSPS) is 26.6. The number of rotatable bonds is 4. The van der Waals surface area contributed by atoms with Crippen molar-refractivity contribution in [3.8, 4) is 0 Å². The van der Waals surface area contributed by atoms with E-state index in [0.717, 1.165) is 52.3 Å². The van der Waals surface area contributed by atoms with Gasteiger partial charge in [-0.1, -0.05) is 5.16 Å². The summed E-state index contributed by atoms with van der Waals surface area (Å²) in [6, 6.07) is -0.213. The summed E-state index contributed by atoms with van der Waals surface area (Å²) in [7, 11) is 0. The van der Waals surface area contributed by atoms with E-state index in [2.05, 4.69) is 15.0 Å². The minimum absolute atomic E-state index is 0.213. The Morgan fingerprint density at radius 1 is 1.25 bits per heavy atom. The second kappa shape index (κ2) is 6.62. The third-order valence-electron chi connectivity index (χ3n) is 3.86. The molecule has 0 bridgehead atoms. The second-order valence-electron chi connectivity index (χ2n) is 5.42. The Bertz CT molecular complexity index is 414. The minimum atomic E-state index is -0.213. The molecule has 7 nitrogen and oxygen atoms in total. The largest absolute Gasteiger partial charge is 0.381 e. The molecular weight excluding hydrogens is 260 g/mol. The molecule has 1 aromatic heterocycles. The predicted octanol–water partition coefficient (Wildman–Crippen LogP) is 0.296. The van der Waals surface area contributed by atoms with E-state index in [1.807, 2.05) is 0 Å². The van der Waals surface area contributed by atoms with Crippen LogP contribution in [0, 0.1) is 0 Å². The number of ether oxygens (including phenoxy) is 2. The Hall–Kier alpha value is -1.02. The van der Waals surface area contributed by atoms with Crippen LogP contribution in [-0.4, -0.2) is 61.1 Å². The molecule has 2 fully saturated rings. The lowest BCUT2D eigenvalue weighted by atomic mass is 10.0. The van der Waals surface area contributed by atoms with Crippen LogP contribution >= 0.6 is 0 Å². The fraction of sp³-hybridized carbons (Fsp3) is 0.846. The van der Waals surface area contributed by atoms with E-state index in [-0.39, 0.29) is 12.0 Å². The smallest absolute Gasteiger partial charge is 0.232 e. The van der Waals surface area contributed by atoms with Crippen LogP contribution in [0.3, 0.4) is 0 Å². The van der Waals surface area contributed by atoms with Crippen molar-refractivity contribution in [2.75, 3.05) is 46.1 Å². The molecule has 3 heterocycles. The van der Waals surface area contributed by atoms with Crippen LogP contribution in [0.1, 0.15) is 36.5 Å². The van der Waals surface area contributed by atoms with Gasteiger partial charge in [-0.25, -0.2) is 0 Å². The molecule has 0 radical (unpaired) electrons. The molecule has 2 saturated heterocycles. The van der Waals surface area contributed by atoms with Gasteiger partial charge in [-0.15, -0.1) is 0 Å². The average molecular weight is 282 g/mol. The lowest BCUT2D eigenvalue weighted by Crippen LogP contribution is -2.40. The first-order valence-corrected chi connectivity index (χ1v) is 7.30. The quantitative estimate of drug-likeness (QED) is 0.849. The highest BCUT2D eigenvalue weighted by atomic mass is 16.5. The van der Waals surface area contributed by atoms with Gasteiger partial charge >= 0.3 is 0 Å². The van der Waals surface area contributed by atoms with Crippen molar-refractivity contribution in [1.82, 2.24) is 15.0 Å². The summed E-state index contributed by atoms with van der Waals surface area (Å²) >= 11 is 0. The monoisotopic (exact) mass is 282 g/mol. The van der Waals surface area contributed by atoms with E-state index >= 15 is 0 Å². The van der Waals surface area contributed by atoms with E-state index < -0.39 is 0 Å². The van der Waals surface area contributed by atoms with Crippen LogP contribution in [0.5, 0.6) is 0 Å². The summed E-state index contributed by atoms with van der Waals surface area (Å²) in [5.41, 5.74) is 6.17. The Morgan fingerprint density at radius 2 is 2.10 bits per heavy atom. The van der Waals surface area contributed by atoms with Crippen molar-refractivity contribution in [2.24, 2.45) is 5.73 Å². The molecular formula is C13H22N4O3. The summed E-state index contributed by atoms with van der Waals surface area (Å²) in [4.78, 5) is 6.73. The molecule has 2 aliphatic heterocycles. The third-order valence-corrected chi connectivity index (χ3v) is 3.86. The molecule has 20 heavy (non-hydrogen) atoms. The van der Waals surface area contributed by atoms with Crippen LogP contribution in [-0.2, 0) is 9.47 Å². The molecule has 1 aromatic rings. The van der Waals surface area contributed by atoms with Crippen LogP contribution < -0.4 is 5.73 Å². The highest BCUT2D eigenvalue weighted by molar-refractivity contribution is 4.99. The molecule has 0 aliphatic carbocycles. The first-order chi connectivity index (χ1) is 9.83. The highest BCUT2D eigenvalue weighted by Gasteiger charge is 2.25. The van der Waals surface area contributed by atoms with E-state index in [0.29, 0.717) is 18.3 Å². The molecule has 0 amide bonds. The molecule has 0 spiro atoms. The maximum atomic E-state index is 6.17. The van der Waals surface area contributed by atoms with Crippen molar-refractivity contribution in [3.63, 3.8) is 0 Å². The summed E-state index contributed by atoms with van der Waals surface area (Å²) in [5.74, 6) is 1.48. The van der Waals surface area contributed by atoms with Gasteiger partial charge in [0.2, 0.25) is 5.89 Å². The van der Waals surface area contributed by atoms with Gasteiger partial charge in [0.1, 0.15) is 0 Å². The van der Waals surface area contributed by atoms with Gasteiger partial charge in [-0.05, 0) is 12.8 Å². The van der Waals surface area contributed by atoms with Crippen LogP contribution in [0.25, 0.3) is 0 Å². The van der Waals surface area contributed by atoms with Gasteiger partial charge in [0.25, 0.3) is 0 Å². The zero-order chi connectivity index (χ0) is 13.8. The number of aromatic nitrogens is 2. The molecule has 2 atom stereocenters. The maximum absolute atomic E-state index is 6.17. The Morgan fingerprint density at radius 3 is 2.85 bits per heavy atom. The Balaban J connectivity index is 1.57. The van der Waals surface area contributed by atoms with E-state index in [1.165, 1.54) is 0 Å². The molecule has 0 saturated carbocycles. The minimum Gasteiger partial charge on any atom is -0.381 e. The van der Waals surface area contributed by atoms with Gasteiger partial charge in [0.15, 0.2) is 5.82 Å². The number of morpholine rings is 1. The summed E-state index contributed by atoms with van der Waals surface area (Å²) in [6.45, 7) is 5.59. The molecule has 3 rings (SSSR count). The fourth-order valence-electron chi connectivity index (χ4n) is 2.64. The first-order valence-electron chi connectivity index (χ1n) is 7.30. The molecule has 2 N–H and O–H groups in total. The highest BCUT2D eigenvalue weighted by Crippen LogP contribution is 2.24. The van der Waals surface area contributed by atoms with E-state index in [9.17, 15) is 0 Å². The van der Waals surface area contributed by atoms with Gasteiger partial charge in [0.05, 0.1) is 31.8 Å². The van der Waals surface area contributed by atoms with E-state index in [4.69, 9.17) is 19.7 Å². The fourth-order valence-corrected chi connectivity index (χ4v) is 2.64. The van der Waals surface area contributed by atoms with Crippen LogP contribution in [0.4, 0.5) is 0 Å². The number of nitrogens with zero attached hydrogens (tertiary/aromatic N) is 3. The molecule has 112 valence electrons. The zero-order valence-electron chi connectivity index (χ0n) is 11.7. The summed E-state index contributed by atoms with van der Waals surface area (Å²) < 4.78 is 16.1. The number of hydrogen-bond donors (Lipinski definition) is 1. The number of hydrogen-bond acceptors (Lipinski definition) is 7. The topological polar surface area (TPSA) is 86.6 Å². The SMILES string of the molecule is NC(CN1CCOCC1)c1noc(C2CCCOC2)n1. The lowest BCUT2D eigenvalue weighted by molar-refractivity contribution is 0.0348. The molecule has 2 unspecified atom stereocenters. The van der Waals surface area contributed by atoms with Crippen molar-refractivity contribution in [3.05, 3.63) is 11.7 Å². The Kier molecular flexibility index (Phi) is 4.62. The average Bonchev–Trinajstić information content (AvgIpc) is 2.99. The van der Waals surface area contributed by atoms with Gasteiger partial charge in [-0.2, -0.15) is 4.98 Å². The van der Waals surface area contributed by atoms with Gasteiger partial charge in [0, 0.05) is 26.2 Å². The predicted molar refractivity (Wildman–Crippen MR) is 71.3 cm³/mol. The second-order valence-corrected chi connectivity index (χ2v) is 5.42. The van der Waals surface area contributed by atoms with Crippen LogP contribution in [0.15, 0.2) is 4.52 Å². The van der Waals surface area contributed by atoms with Crippen molar-refractivity contribution >= 4 is 0 Å². The standard InChI is InChI=1S/C13H22N4O3/c14-11(8-17-3-6-18-7-4-17)12-15-13(20-16-12)10-2-1-5-19-9-10/h10-11H,1-9,14H2. The zero-order valence-corrected chi connectivity index (χ0v) is 11.7. The molecule has 0 aromatic carbocycles. The molecule has 7 heteroatoms. The maximum Gasteiger partial charge on any atom is 0.232 e. The summed E-state index contributed by atoms with van der Waals surface area (Å²) in [5, 5.41) is 4.03. The van der Waals surface area contributed by atoms with Crippen LogP contribution in [0.2, 0.25) is 0 Å².